The van der Waals surface area contributed by atoms with Crippen LogP contribution in [0.3, 0.4) is 0 Å². The van der Waals surface area contributed by atoms with Crippen molar-refractivity contribution in [1.82, 2.24) is 15.1 Å². The Morgan fingerprint density at radius 2 is 1.81 bits per heavy atom. The Hall–Kier alpha value is -3.61. The molecule has 2 fully saturated rings. The number of hydrogen-bond acceptors (Lipinski definition) is 4. The van der Waals surface area contributed by atoms with E-state index in [4.69, 9.17) is 0 Å². The van der Waals surface area contributed by atoms with Gasteiger partial charge >= 0.3 is 6.03 Å². The zero-order valence-electron chi connectivity index (χ0n) is 18.0. The van der Waals surface area contributed by atoms with Crippen molar-refractivity contribution in [2.24, 2.45) is 0 Å². The van der Waals surface area contributed by atoms with Gasteiger partial charge in [0.1, 0.15) is 5.75 Å². The van der Waals surface area contributed by atoms with Gasteiger partial charge in [-0.15, -0.1) is 0 Å². The molecule has 2 amide bonds. The van der Waals surface area contributed by atoms with Crippen LogP contribution in [0.25, 0.3) is 11.3 Å². The van der Waals surface area contributed by atoms with Crippen molar-refractivity contribution in [1.29, 1.82) is 0 Å². The lowest BCUT2D eigenvalue weighted by Crippen LogP contribution is -2.32. The third kappa shape index (κ3) is 4.23. The maximum Gasteiger partial charge on any atom is 0.342 e. The van der Waals surface area contributed by atoms with Crippen LogP contribution in [0.15, 0.2) is 48.5 Å². The van der Waals surface area contributed by atoms with E-state index < -0.39 is 0 Å². The maximum atomic E-state index is 12.6. The lowest BCUT2D eigenvalue weighted by Gasteiger charge is -2.08. The largest absolute Gasteiger partial charge is 0.507 e. The summed E-state index contributed by atoms with van der Waals surface area (Å²) in [7, 11) is 0. The Balaban J connectivity index is 1.35. The molecule has 0 radical (unpaired) electrons. The van der Waals surface area contributed by atoms with Crippen LogP contribution in [0.4, 0.5) is 10.5 Å². The van der Waals surface area contributed by atoms with E-state index in [2.05, 4.69) is 22.7 Å². The second-order valence-electron chi connectivity index (χ2n) is 8.60. The van der Waals surface area contributed by atoms with Gasteiger partial charge < -0.3 is 15.7 Å². The number of hydrogen-bond donors (Lipinski definition) is 3. The second-order valence-corrected chi connectivity index (χ2v) is 8.60. The molecule has 2 aliphatic carbocycles. The van der Waals surface area contributed by atoms with Gasteiger partial charge in [0.25, 0.3) is 5.91 Å². The van der Waals surface area contributed by atoms with Gasteiger partial charge in [0.2, 0.25) is 0 Å². The normalized spacial score (nSPS) is 15.4. The number of anilines is 1. The van der Waals surface area contributed by atoms with E-state index >= 15 is 0 Å². The molecule has 1 heterocycles. The fraction of sp³-hybridized carbons (Fsp3) is 0.320. The molecule has 0 aliphatic heterocycles. The van der Waals surface area contributed by atoms with E-state index in [-0.39, 0.29) is 23.7 Å². The topological polar surface area (TPSA) is 96.3 Å². The minimum atomic E-state index is -0.239. The molecule has 2 aliphatic rings. The van der Waals surface area contributed by atoms with Crippen LogP contribution in [0, 0.1) is 0 Å². The number of nitrogens with zero attached hydrogens (tertiary/aromatic N) is 2. The SMILES string of the molecule is CCc1ccc(C(=O)Nc2ccc(-c3cc(C4CC4)n(C(=O)NC4CC4)n3)c(O)c2)cc1. The number of rotatable bonds is 6. The highest BCUT2D eigenvalue weighted by Gasteiger charge is 2.32. The smallest absolute Gasteiger partial charge is 0.342 e. The molecule has 0 saturated heterocycles. The lowest BCUT2D eigenvalue weighted by atomic mass is 10.1. The van der Waals surface area contributed by atoms with Crippen LogP contribution >= 0.6 is 0 Å². The first kappa shape index (κ1) is 20.3. The van der Waals surface area contributed by atoms with Crippen LogP contribution in [0.1, 0.15) is 60.1 Å². The van der Waals surface area contributed by atoms with Crippen molar-refractivity contribution in [3.05, 3.63) is 65.4 Å². The molecule has 0 spiro atoms. The Morgan fingerprint density at radius 1 is 1.06 bits per heavy atom. The van der Waals surface area contributed by atoms with Gasteiger partial charge in [0.15, 0.2) is 0 Å². The number of benzene rings is 2. The molecule has 1 aromatic heterocycles. The van der Waals surface area contributed by atoms with E-state index in [9.17, 15) is 14.7 Å². The average Bonchev–Trinajstić information content (AvgIpc) is 3.73. The molecule has 5 rings (SSSR count). The number of aromatic nitrogens is 2. The molecule has 2 aromatic carbocycles. The molecule has 3 N–H and O–H groups in total. The summed E-state index contributed by atoms with van der Waals surface area (Å²) in [4.78, 5) is 25.1. The molecule has 2 saturated carbocycles. The first-order valence-electron chi connectivity index (χ1n) is 11.2. The minimum Gasteiger partial charge on any atom is -0.507 e. The van der Waals surface area contributed by atoms with Gasteiger partial charge in [0.05, 0.1) is 11.4 Å². The summed E-state index contributed by atoms with van der Waals surface area (Å²) < 4.78 is 1.44. The van der Waals surface area contributed by atoms with Gasteiger partial charge in [-0.2, -0.15) is 9.78 Å². The predicted octanol–water partition coefficient (Wildman–Crippen LogP) is 4.67. The van der Waals surface area contributed by atoms with E-state index in [1.54, 1.807) is 24.3 Å². The Kier molecular flexibility index (Phi) is 5.17. The number of aryl methyl sites for hydroxylation is 1. The predicted molar refractivity (Wildman–Crippen MR) is 122 cm³/mol. The third-order valence-electron chi connectivity index (χ3n) is 5.99. The third-order valence-corrected chi connectivity index (χ3v) is 5.99. The fourth-order valence-corrected chi connectivity index (χ4v) is 3.74. The summed E-state index contributed by atoms with van der Waals surface area (Å²) in [5.41, 5.74) is 4.16. The molecule has 0 unspecified atom stereocenters. The highest BCUT2D eigenvalue weighted by molar-refractivity contribution is 6.04. The molecule has 0 bridgehead atoms. The van der Waals surface area contributed by atoms with Crippen molar-refractivity contribution >= 4 is 17.6 Å². The highest BCUT2D eigenvalue weighted by Crippen LogP contribution is 2.42. The van der Waals surface area contributed by atoms with Crippen LogP contribution in [-0.4, -0.2) is 32.9 Å². The Labute approximate surface area is 186 Å². The minimum absolute atomic E-state index is 0.00118. The fourth-order valence-electron chi connectivity index (χ4n) is 3.74. The average molecular weight is 431 g/mol. The first-order chi connectivity index (χ1) is 15.5. The van der Waals surface area contributed by atoms with Crippen molar-refractivity contribution < 1.29 is 14.7 Å². The van der Waals surface area contributed by atoms with Gasteiger partial charge in [0, 0.05) is 34.8 Å². The van der Waals surface area contributed by atoms with Gasteiger partial charge in [-0.1, -0.05) is 19.1 Å². The van der Waals surface area contributed by atoms with E-state index in [1.165, 1.54) is 16.3 Å². The van der Waals surface area contributed by atoms with Crippen molar-refractivity contribution in [3.8, 4) is 17.0 Å². The van der Waals surface area contributed by atoms with Crippen LogP contribution in [0.2, 0.25) is 0 Å². The first-order valence-corrected chi connectivity index (χ1v) is 11.2. The van der Waals surface area contributed by atoms with E-state index in [1.807, 2.05) is 18.2 Å². The van der Waals surface area contributed by atoms with Gasteiger partial charge in [-0.25, -0.2) is 4.79 Å². The number of nitrogens with one attached hydrogen (secondary N) is 2. The molecule has 7 nitrogen and oxygen atoms in total. The molecule has 3 aromatic rings. The van der Waals surface area contributed by atoms with Crippen molar-refractivity contribution in [2.45, 2.75) is 51.0 Å². The summed E-state index contributed by atoms with van der Waals surface area (Å²) in [5.74, 6) is 0.0941. The number of phenols is 1. The van der Waals surface area contributed by atoms with E-state index in [0.717, 1.165) is 37.8 Å². The monoisotopic (exact) mass is 430 g/mol. The van der Waals surface area contributed by atoms with Crippen LogP contribution in [-0.2, 0) is 6.42 Å². The van der Waals surface area contributed by atoms with Gasteiger partial charge in [-0.3, -0.25) is 4.79 Å². The molecule has 32 heavy (non-hydrogen) atoms. The second kappa shape index (κ2) is 8.15. The van der Waals surface area contributed by atoms with Crippen LogP contribution in [0.5, 0.6) is 5.75 Å². The maximum absolute atomic E-state index is 12.6. The van der Waals surface area contributed by atoms with Crippen molar-refractivity contribution in [2.75, 3.05) is 5.32 Å². The highest BCUT2D eigenvalue weighted by atomic mass is 16.3. The number of aromatic hydroxyl groups is 1. The summed E-state index contributed by atoms with van der Waals surface area (Å²) in [6.45, 7) is 2.07. The summed E-state index contributed by atoms with van der Waals surface area (Å²) in [6.07, 6.45) is 5.01. The summed E-state index contributed by atoms with van der Waals surface area (Å²) >= 11 is 0. The summed E-state index contributed by atoms with van der Waals surface area (Å²) in [5, 5.41) is 20.9. The number of carbonyl (C=O) groups excluding carboxylic acids is 2. The quantitative estimate of drug-likeness (QED) is 0.530. The zero-order chi connectivity index (χ0) is 22.2. The van der Waals surface area contributed by atoms with Gasteiger partial charge in [-0.05, 0) is 68.0 Å². The number of phenolic OH excluding ortho intramolecular Hbond substituents is 1. The lowest BCUT2D eigenvalue weighted by molar-refractivity contribution is 0.102. The van der Waals surface area contributed by atoms with Crippen LogP contribution < -0.4 is 10.6 Å². The standard InChI is InChI=1S/C25H26N4O3/c1-2-15-3-5-17(6-4-15)24(31)26-19-11-12-20(23(30)13-19)21-14-22(16-7-8-16)29(28-21)25(32)27-18-9-10-18/h3-6,11-14,16,18,30H,2,7-10H2,1H3,(H,26,31)(H,27,32). The zero-order valence-corrected chi connectivity index (χ0v) is 18.0. The molecule has 164 valence electrons. The molecular weight excluding hydrogens is 404 g/mol. The summed E-state index contributed by atoms with van der Waals surface area (Å²) in [6, 6.07) is 14.3. The molecule has 0 atom stereocenters. The van der Waals surface area contributed by atoms with Crippen molar-refractivity contribution in [3.63, 3.8) is 0 Å². The molecule has 7 heteroatoms. The molecular formula is C25H26N4O3. The number of carbonyl (C=O) groups is 2. The van der Waals surface area contributed by atoms with E-state index in [0.29, 0.717) is 28.4 Å². The Bertz CT molecular complexity index is 1170. The number of amides is 2. The Morgan fingerprint density at radius 3 is 2.44 bits per heavy atom.